The van der Waals surface area contributed by atoms with E-state index in [0.29, 0.717) is 22.6 Å². The summed E-state index contributed by atoms with van der Waals surface area (Å²) in [6.07, 6.45) is 0.510. The first-order valence-corrected chi connectivity index (χ1v) is 7.89. The van der Waals surface area contributed by atoms with Gasteiger partial charge in [-0.2, -0.15) is 4.98 Å². The lowest BCUT2D eigenvalue weighted by Crippen LogP contribution is -2.15. The lowest BCUT2D eigenvalue weighted by Gasteiger charge is -2.04. The molecule has 3 rings (SSSR count). The molecule has 0 saturated heterocycles. The molecule has 3 aromatic rings. The van der Waals surface area contributed by atoms with Crippen LogP contribution in [0.1, 0.15) is 18.1 Å². The Morgan fingerprint density at radius 3 is 2.88 bits per heavy atom. The molecule has 126 valence electrons. The molecule has 0 saturated carbocycles. The van der Waals surface area contributed by atoms with Crippen LogP contribution in [0.25, 0.3) is 11.1 Å². The fourth-order valence-corrected chi connectivity index (χ4v) is 2.46. The number of halogens is 1. The number of aromatic amines is 1. The number of hydrogen-bond donors (Lipinski definition) is 1. The zero-order valence-corrected chi connectivity index (χ0v) is 14.0. The van der Waals surface area contributed by atoms with Crippen molar-refractivity contribution in [2.45, 2.75) is 13.3 Å². The molecule has 0 unspecified atom stereocenters. The average molecular weight is 357 g/mol. The maximum atomic E-state index is 12.2. The first-order valence-electron chi connectivity index (χ1n) is 7.51. The predicted octanol–water partition coefficient (Wildman–Crippen LogP) is 2.52. The molecule has 0 radical (unpaired) electrons. The fourth-order valence-electron chi connectivity index (χ4n) is 2.27. The fraction of sp³-hybridized carbons (Fsp3) is 0.167. The van der Waals surface area contributed by atoms with Crippen molar-refractivity contribution in [3.05, 3.63) is 67.3 Å². The molecule has 2 aromatic heterocycles. The Balaban J connectivity index is 1.85. The van der Waals surface area contributed by atoms with E-state index in [1.54, 1.807) is 12.1 Å². The third-order valence-electron chi connectivity index (χ3n) is 3.43. The molecule has 0 aliphatic rings. The van der Waals surface area contributed by atoms with E-state index in [-0.39, 0.29) is 23.7 Å². The Hall–Kier alpha value is -3.04. The van der Waals surface area contributed by atoms with E-state index in [9.17, 15) is 9.59 Å². The van der Waals surface area contributed by atoms with Gasteiger partial charge in [-0.1, -0.05) is 42.5 Å². The Kier molecular flexibility index (Phi) is 4.87. The van der Waals surface area contributed by atoms with Crippen molar-refractivity contribution in [3.8, 4) is 17.9 Å². The number of rotatable bonds is 3. The summed E-state index contributed by atoms with van der Waals surface area (Å²) in [6, 6.07) is 8.38. The highest BCUT2D eigenvalue weighted by Crippen LogP contribution is 2.14. The highest BCUT2D eigenvalue weighted by molar-refractivity contribution is 6.31. The highest BCUT2D eigenvalue weighted by Gasteiger charge is 2.12. The van der Waals surface area contributed by atoms with Crippen molar-refractivity contribution < 1.29 is 9.15 Å². The summed E-state index contributed by atoms with van der Waals surface area (Å²) in [5, 5.41) is 0.790. The van der Waals surface area contributed by atoms with Crippen molar-refractivity contribution >= 4 is 22.7 Å². The van der Waals surface area contributed by atoms with Crippen molar-refractivity contribution in [1.82, 2.24) is 9.97 Å². The Morgan fingerprint density at radius 1 is 1.32 bits per heavy atom. The van der Waals surface area contributed by atoms with Gasteiger partial charge in [0, 0.05) is 11.6 Å². The Morgan fingerprint density at radius 2 is 2.12 bits per heavy atom. The molecule has 0 atom stereocenters. The van der Waals surface area contributed by atoms with Crippen molar-refractivity contribution in [1.29, 1.82) is 0 Å². The van der Waals surface area contributed by atoms with Gasteiger partial charge >= 0.3 is 11.6 Å². The van der Waals surface area contributed by atoms with Crippen LogP contribution in [0.5, 0.6) is 6.01 Å². The number of benzene rings is 1. The predicted molar refractivity (Wildman–Crippen MR) is 94.1 cm³/mol. The second-order valence-corrected chi connectivity index (χ2v) is 5.47. The smallest absolute Gasteiger partial charge is 0.337 e. The molecule has 0 amide bonds. The number of nitrogens with zero attached hydrogens (tertiary/aromatic N) is 1. The van der Waals surface area contributed by atoms with Gasteiger partial charge in [0.1, 0.15) is 5.39 Å². The van der Waals surface area contributed by atoms with E-state index in [0.717, 1.165) is 0 Å². The van der Waals surface area contributed by atoms with Crippen molar-refractivity contribution in [3.63, 3.8) is 0 Å². The molecular formula is C18H13ClN2O4. The molecule has 2 heterocycles. The number of aromatic nitrogens is 2. The maximum absolute atomic E-state index is 12.2. The summed E-state index contributed by atoms with van der Waals surface area (Å²) in [7, 11) is 0. The lowest BCUT2D eigenvalue weighted by molar-refractivity contribution is 0.337. The minimum Gasteiger partial charge on any atom is -0.451 e. The van der Waals surface area contributed by atoms with Crippen LogP contribution in [-0.2, 0) is 6.42 Å². The molecule has 7 heteroatoms. The largest absolute Gasteiger partial charge is 0.451 e. The minimum atomic E-state index is -0.563. The summed E-state index contributed by atoms with van der Waals surface area (Å²) in [6.45, 7) is 1.82. The number of fused-ring (bicyclic) bond motifs is 1. The van der Waals surface area contributed by atoms with Gasteiger partial charge in [-0.05, 0) is 24.1 Å². The van der Waals surface area contributed by atoms with Gasteiger partial charge in [-0.15, -0.1) is 0 Å². The van der Waals surface area contributed by atoms with Gasteiger partial charge in [0.05, 0.1) is 5.02 Å². The van der Waals surface area contributed by atoms with Gasteiger partial charge < -0.3 is 9.15 Å². The third-order valence-corrected chi connectivity index (χ3v) is 3.76. The van der Waals surface area contributed by atoms with Crippen molar-refractivity contribution in [2.75, 3.05) is 6.61 Å². The first-order chi connectivity index (χ1) is 12.1. The van der Waals surface area contributed by atoms with Crippen LogP contribution in [0.2, 0.25) is 5.02 Å². The van der Waals surface area contributed by atoms with Crippen LogP contribution in [0.3, 0.4) is 0 Å². The monoisotopic (exact) mass is 356 g/mol. The van der Waals surface area contributed by atoms with E-state index < -0.39 is 11.2 Å². The third kappa shape index (κ3) is 3.73. The summed E-state index contributed by atoms with van der Waals surface area (Å²) in [4.78, 5) is 30.3. The molecule has 0 fully saturated rings. The molecular weight excluding hydrogens is 344 g/mol. The number of H-pyrrole nitrogens is 1. The molecule has 25 heavy (non-hydrogen) atoms. The van der Waals surface area contributed by atoms with Crippen molar-refractivity contribution in [2.24, 2.45) is 0 Å². The molecule has 6 nitrogen and oxygen atoms in total. The van der Waals surface area contributed by atoms with E-state index >= 15 is 0 Å². The quantitative estimate of drug-likeness (QED) is 0.729. The summed E-state index contributed by atoms with van der Waals surface area (Å²) in [5.41, 5.74) is 0.199. The van der Waals surface area contributed by atoms with Gasteiger partial charge in [0.15, 0.2) is 6.61 Å². The number of hydrogen-bond acceptors (Lipinski definition) is 5. The molecule has 1 aromatic carbocycles. The summed E-state index contributed by atoms with van der Waals surface area (Å²) < 4.78 is 10.3. The number of ether oxygens (including phenoxy) is 1. The van der Waals surface area contributed by atoms with Gasteiger partial charge in [-0.3, -0.25) is 9.78 Å². The molecule has 1 N–H and O–H groups in total. The van der Waals surface area contributed by atoms with E-state index in [4.69, 9.17) is 20.8 Å². The SMILES string of the molecule is CCc1cc(=O)oc2nc(OCC#Cc3ccccc3Cl)[nH]c(=O)c12. The average Bonchev–Trinajstić information content (AvgIpc) is 2.59. The number of aryl methyl sites for hydroxylation is 1. The topological polar surface area (TPSA) is 85.2 Å². The zero-order valence-electron chi connectivity index (χ0n) is 13.3. The maximum Gasteiger partial charge on any atom is 0.337 e. The van der Waals surface area contributed by atoms with E-state index in [1.807, 2.05) is 19.1 Å². The normalized spacial score (nSPS) is 10.3. The molecule has 0 spiro atoms. The van der Waals surface area contributed by atoms with Gasteiger partial charge in [0.2, 0.25) is 5.71 Å². The molecule has 0 aliphatic carbocycles. The molecule has 0 bridgehead atoms. The van der Waals surface area contributed by atoms with Crippen LogP contribution in [0.4, 0.5) is 0 Å². The summed E-state index contributed by atoms with van der Waals surface area (Å²) in [5.74, 6) is 5.64. The lowest BCUT2D eigenvalue weighted by atomic mass is 10.1. The van der Waals surface area contributed by atoms with E-state index in [1.165, 1.54) is 6.07 Å². The van der Waals surface area contributed by atoms with Crippen LogP contribution in [0, 0.1) is 11.8 Å². The molecule has 0 aliphatic heterocycles. The first kappa shape index (κ1) is 16.8. The zero-order chi connectivity index (χ0) is 17.8. The van der Waals surface area contributed by atoms with Gasteiger partial charge in [0.25, 0.3) is 5.56 Å². The van der Waals surface area contributed by atoms with Crippen LogP contribution < -0.4 is 15.9 Å². The Bertz CT molecular complexity index is 1110. The van der Waals surface area contributed by atoms with E-state index in [2.05, 4.69) is 21.8 Å². The summed E-state index contributed by atoms with van der Waals surface area (Å²) >= 11 is 6.00. The Labute approximate surface area is 147 Å². The van der Waals surface area contributed by atoms with Crippen LogP contribution in [-0.4, -0.2) is 16.6 Å². The highest BCUT2D eigenvalue weighted by atomic mass is 35.5. The van der Waals surface area contributed by atoms with Crippen LogP contribution in [0.15, 0.2) is 44.3 Å². The minimum absolute atomic E-state index is 0.0165. The van der Waals surface area contributed by atoms with Gasteiger partial charge in [-0.25, -0.2) is 4.79 Å². The van der Waals surface area contributed by atoms with Crippen LogP contribution >= 0.6 is 11.6 Å². The second kappa shape index (κ2) is 7.24. The number of nitrogens with one attached hydrogen (secondary N) is 1. The standard InChI is InChI=1S/C18H13ClN2O4/c1-2-11-10-14(22)25-17-15(11)16(23)20-18(21-17)24-9-5-7-12-6-3-4-8-13(12)19/h3-4,6,8,10H,2,9H2,1H3,(H,20,21,23). The second-order valence-electron chi connectivity index (χ2n) is 5.07.